The van der Waals surface area contributed by atoms with Crippen LogP contribution in [0.3, 0.4) is 0 Å². The summed E-state index contributed by atoms with van der Waals surface area (Å²) < 4.78 is 32.6. The number of sulfonamides is 1. The van der Waals surface area contributed by atoms with Gasteiger partial charge in [-0.15, -0.1) is 0 Å². The Morgan fingerprint density at radius 2 is 1.97 bits per heavy atom. The van der Waals surface area contributed by atoms with Crippen LogP contribution in [0.25, 0.3) is 0 Å². The molecule has 1 atom stereocenters. The summed E-state index contributed by atoms with van der Waals surface area (Å²) >= 11 is 6.11. The molecule has 1 amide bonds. The van der Waals surface area contributed by atoms with Crippen molar-refractivity contribution >= 4 is 33.2 Å². The summed E-state index contributed by atoms with van der Waals surface area (Å²) in [4.78, 5) is 12.9. The van der Waals surface area contributed by atoms with E-state index in [-0.39, 0.29) is 22.4 Å². The van der Waals surface area contributed by atoms with Crippen LogP contribution in [0.1, 0.15) is 38.2 Å². The molecule has 0 bridgehead atoms. The lowest BCUT2D eigenvalue weighted by molar-refractivity contribution is -0.120. The molecule has 6 nitrogen and oxygen atoms in total. The Morgan fingerprint density at radius 1 is 1.23 bits per heavy atom. The molecule has 3 rings (SSSR count). The number of methoxy groups -OCH3 is 1. The molecule has 1 aliphatic rings. The van der Waals surface area contributed by atoms with E-state index in [2.05, 4.69) is 12.2 Å². The number of rotatable bonds is 8. The first-order chi connectivity index (χ1) is 14.8. The summed E-state index contributed by atoms with van der Waals surface area (Å²) in [5.74, 6) is -0.150. The van der Waals surface area contributed by atoms with Crippen molar-refractivity contribution in [2.45, 2.75) is 43.9 Å². The number of piperidine rings is 1. The zero-order valence-electron chi connectivity index (χ0n) is 17.9. The molecule has 1 saturated heterocycles. The smallest absolute Gasteiger partial charge is 0.243 e. The number of anilines is 1. The van der Waals surface area contributed by atoms with Gasteiger partial charge < -0.3 is 10.1 Å². The number of carbonyl (C=O) groups excluding carboxylic acids is 1. The van der Waals surface area contributed by atoms with E-state index in [0.717, 1.165) is 24.9 Å². The number of unbranched alkanes of at least 4 members (excludes halogenated alkanes) is 1. The van der Waals surface area contributed by atoms with Crippen molar-refractivity contribution in [3.8, 4) is 5.75 Å². The molecule has 0 saturated carbocycles. The van der Waals surface area contributed by atoms with Gasteiger partial charge in [0.25, 0.3) is 0 Å². The van der Waals surface area contributed by atoms with Gasteiger partial charge >= 0.3 is 0 Å². The SMILES string of the molecule is CCCCc1ccc(NC(=O)C2CCCN(S(=O)(=O)c3ccc(OC)c(Cl)c3)C2)cc1. The van der Waals surface area contributed by atoms with Gasteiger partial charge in [0.2, 0.25) is 15.9 Å². The fraction of sp³-hybridized carbons (Fsp3) is 0.435. The third-order valence-electron chi connectivity index (χ3n) is 5.56. The van der Waals surface area contributed by atoms with E-state index in [1.165, 1.54) is 35.2 Å². The van der Waals surface area contributed by atoms with Gasteiger partial charge in [-0.2, -0.15) is 4.31 Å². The second kappa shape index (κ2) is 10.5. The first kappa shape index (κ1) is 23.6. The average molecular weight is 465 g/mol. The van der Waals surface area contributed by atoms with Gasteiger partial charge in [-0.1, -0.05) is 37.1 Å². The van der Waals surface area contributed by atoms with Crippen molar-refractivity contribution in [3.63, 3.8) is 0 Å². The largest absolute Gasteiger partial charge is 0.495 e. The van der Waals surface area contributed by atoms with Crippen LogP contribution in [0, 0.1) is 5.92 Å². The number of ether oxygens (including phenoxy) is 1. The van der Waals surface area contributed by atoms with E-state index in [4.69, 9.17) is 16.3 Å². The third kappa shape index (κ3) is 5.79. The number of amides is 1. The lowest BCUT2D eigenvalue weighted by Gasteiger charge is -2.31. The van der Waals surface area contributed by atoms with Crippen molar-refractivity contribution in [1.29, 1.82) is 0 Å². The quantitative estimate of drug-likeness (QED) is 0.612. The minimum absolute atomic E-state index is 0.0991. The van der Waals surface area contributed by atoms with Gasteiger partial charge in [-0.25, -0.2) is 8.42 Å². The monoisotopic (exact) mass is 464 g/mol. The molecule has 0 aliphatic carbocycles. The summed E-state index contributed by atoms with van der Waals surface area (Å²) in [7, 11) is -2.28. The minimum atomic E-state index is -3.75. The number of halogens is 1. The lowest BCUT2D eigenvalue weighted by atomic mass is 9.98. The number of benzene rings is 2. The van der Waals surface area contributed by atoms with Gasteiger partial charge in [-0.3, -0.25) is 4.79 Å². The first-order valence-electron chi connectivity index (χ1n) is 10.6. The van der Waals surface area contributed by atoms with E-state index in [1.54, 1.807) is 0 Å². The highest BCUT2D eigenvalue weighted by Crippen LogP contribution is 2.30. The van der Waals surface area contributed by atoms with Gasteiger partial charge in [0.05, 0.1) is 22.9 Å². The van der Waals surface area contributed by atoms with Crippen molar-refractivity contribution in [2.24, 2.45) is 5.92 Å². The Balaban J connectivity index is 1.66. The molecule has 1 heterocycles. The maximum atomic E-state index is 13.1. The van der Waals surface area contributed by atoms with Crippen LogP contribution in [0.2, 0.25) is 5.02 Å². The molecule has 0 spiro atoms. The summed E-state index contributed by atoms with van der Waals surface area (Å²) in [6.45, 7) is 2.68. The molecular formula is C23H29ClN2O4S. The number of nitrogens with one attached hydrogen (secondary N) is 1. The summed E-state index contributed by atoms with van der Waals surface area (Å²) in [6.07, 6.45) is 4.57. The van der Waals surface area contributed by atoms with E-state index in [1.807, 2.05) is 24.3 Å². The van der Waals surface area contributed by atoms with Crippen LogP contribution in [-0.2, 0) is 21.2 Å². The highest BCUT2D eigenvalue weighted by atomic mass is 35.5. The van der Waals surface area contributed by atoms with Crippen LogP contribution in [0.5, 0.6) is 5.75 Å². The molecule has 168 valence electrons. The van der Waals surface area contributed by atoms with E-state index in [9.17, 15) is 13.2 Å². The van der Waals surface area contributed by atoms with Crippen LogP contribution in [0.15, 0.2) is 47.4 Å². The molecule has 2 aromatic carbocycles. The normalized spacial score (nSPS) is 17.3. The van der Waals surface area contributed by atoms with Gasteiger partial charge in [-0.05, 0) is 61.6 Å². The van der Waals surface area contributed by atoms with Gasteiger partial charge in [0.15, 0.2) is 0 Å². The predicted molar refractivity (Wildman–Crippen MR) is 123 cm³/mol. The zero-order valence-corrected chi connectivity index (χ0v) is 19.5. The van der Waals surface area contributed by atoms with Crippen molar-refractivity contribution in [1.82, 2.24) is 4.31 Å². The number of carbonyl (C=O) groups is 1. The summed E-state index contributed by atoms with van der Waals surface area (Å²) in [6, 6.07) is 12.3. The van der Waals surface area contributed by atoms with Crippen molar-refractivity contribution in [3.05, 3.63) is 53.1 Å². The molecule has 1 aliphatic heterocycles. The Kier molecular flexibility index (Phi) is 7.97. The topological polar surface area (TPSA) is 75.7 Å². The zero-order chi connectivity index (χ0) is 22.4. The van der Waals surface area contributed by atoms with Crippen LogP contribution in [0.4, 0.5) is 5.69 Å². The maximum Gasteiger partial charge on any atom is 0.243 e. The molecule has 0 aromatic heterocycles. The van der Waals surface area contributed by atoms with E-state index >= 15 is 0 Å². The fourth-order valence-corrected chi connectivity index (χ4v) is 5.58. The second-order valence-electron chi connectivity index (χ2n) is 7.79. The van der Waals surface area contributed by atoms with E-state index in [0.29, 0.717) is 25.1 Å². The third-order valence-corrected chi connectivity index (χ3v) is 7.71. The molecule has 31 heavy (non-hydrogen) atoms. The predicted octanol–water partition coefficient (Wildman–Crippen LogP) is 4.73. The Bertz CT molecular complexity index is 1010. The minimum Gasteiger partial charge on any atom is -0.495 e. The second-order valence-corrected chi connectivity index (χ2v) is 10.1. The maximum absolute atomic E-state index is 13.1. The average Bonchev–Trinajstić information content (AvgIpc) is 2.78. The molecule has 0 radical (unpaired) electrons. The van der Waals surface area contributed by atoms with Crippen LogP contribution in [-0.4, -0.2) is 38.8 Å². The summed E-state index contributed by atoms with van der Waals surface area (Å²) in [5.41, 5.74) is 1.97. The number of hydrogen-bond donors (Lipinski definition) is 1. The summed E-state index contributed by atoms with van der Waals surface area (Å²) in [5, 5.41) is 3.17. The van der Waals surface area contributed by atoms with Gasteiger partial charge in [0.1, 0.15) is 5.75 Å². The van der Waals surface area contributed by atoms with Crippen molar-refractivity contribution < 1.29 is 17.9 Å². The first-order valence-corrected chi connectivity index (χ1v) is 12.4. The Labute approximate surface area is 189 Å². The van der Waals surface area contributed by atoms with Crippen LogP contribution >= 0.6 is 11.6 Å². The molecule has 1 fully saturated rings. The molecule has 1 unspecified atom stereocenters. The van der Waals surface area contributed by atoms with Crippen LogP contribution < -0.4 is 10.1 Å². The lowest BCUT2D eigenvalue weighted by Crippen LogP contribution is -2.43. The highest BCUT2D eigenvalue weighted by molar-refractivity contribution is 7.89. The molecular weight excluding hydrogens is 436 g/mol. The fourth-order valence-electron chi connectivity index (χ4n) is 3.71. The Morgan fingerprint density at radius 3 is 2.61 bits per heavy atom. The molecule has 2 aromatic rings. The highest BCUT2D eigenvalue weighted by Gasteiger charge is 2.33. The molecule has 8 heteroatoms. The number of aryl methyl sites for hydroxylation is 1. The molecule has 1 N–H and O–H groups in total. The van der Waals surface area contributed by atoms with Gasteiger partial charge in [0, 0.05) is 18.8 Å². The standard InChI is InChI=1S/C23H29ClN2O4S/c1-3-4-6-17-8-10-19(11-9-17)25-23(27)18-7-5-14-26(16-18)31(28,29)20-12-13-22(30-2)21(24)15-20/h8-13,15,18H,3-7,14,16H2,1-2H3,(H,25,27). The van der Waals surface area contributed by atoms with Crippen molar-refractivity contribution in [2.75, 3.05) is 25.5 Å². The van der Waals surface area contributed by atoms with E-state index < -0.39 is 15.9 Å². The Hall–Kier alpha value is -2.09. The number of nitrogens with zero attached hydrogens (tertiary/aromatic N) is 1. The number of hydrogen-bond acceptors (Lipinski definition) is 4.